The number of benzene rings is 1. The van der Waals surface area contributed by atoms with E-state index in [0.29, 0.717) is 13.2 Å². The zero-order valence-electron chi connectivity index (χ0n) is 10.7. The fraction of sp³-hybridized carbons (Fsp3) is 0.429. The maximum Gasteiger partial charge on any atom is 0.166 e. The Kier molecular flexibility index (Phi) is 3.57. The molecule has 0 aromatic heterocycles. The van der Waals surface area contributed by atoms with Gasteiger partial charge in [0.25, 0.3) is 0 Å². The topological polar surface area (TPSA) is 65.7 Å². The molecule has 0 radical (unpaired) electrons. The van der Waals surface area contributed by atoms with E-state index < -0.39 is 0 Å². The fourth-order valence-corrected chi connectivity index (χ4v) is 2.43. The van der Waals surface area contributed by atoms with E-state index in [2.05, 4.69) is 11.5 Å². The molecule has 1 aromatic rings. The first-order valence-electron chi connectivity index (χ1n) is 6.57. The van der Waals surface area contributed by atoms with E-state index in [1.165, 1.54) is 0 Å². The van der Waals surface area contributed by atoms with Crippen molar-refractivity contribution in [1.29, 1.82) is 0 Å². The van der Waals surface area contributed by atoms with Gasteiger partial charge in [-0.25, -0.2) is 5.43 Å². The van der Waals surface area contributed by atoms with Gasteiger partial charge < -0.3 is 14.2 Å². The van der Waals surface area contributed by atoms with Gasteiger partial charge in [-0.3, -0.25) is 5.84 Å². The molecule has 1 aromatic carbocycles. The van der Waals surface area contributed by atoms with Crippen molar-refractivity contribution in [1.82, 2.24) is 5.43 Å². The van der Waals surface area contributed by atoms with E-state index in [4.69, 9.17) is 20.1 Å². The zero-order chi connectivity index (χ0) is 13.1. The van der Waals surface area contributed by atoms with Gasteiger partial charge in [0.05, 0.1) is 6.61 Å². The standard InChI is InChI=1S/C14H18N2O3/c15-16-13(11-5-1-2-7-17-11)10-4-3-6-12-14(10)19-9-8-18-12/h3-6,13,16H,1-2,7-9,15H2. The van der Waals surface area contributed by atoms with Crippen molar-refractivity contribution in [3.05, 3.63) is 35.6 Å². The smallest absolute Gasteiger partial charge is 0.166 e. The first-order chi connectivity index (χ1) is 9.40. The summed E-state index contributed by atoms with van der Waals surface area (Å²) in [5.74, 6) is 8.08. The van der Waals surface area contributed by atoms with E-state index in [1.54, 1.807) is 0 Å². The van der Waals surface area contributed by atoms with Crippen LogP contribution in [-0.4, -0.2) is 19.8 Å². The number of nitrogens with two attached hydrogens (primary N) is 1. The minimum atomic E-state index is -0.197. The van der Waals surface area contributed by atoms with Crippen molar-refractivity contribution < 1.29 is 14.2 Å². The molecule has 3 rings (SSSR count). The van der Waals surface area contributed by atoms with Crippen molar-refractivity contribution in [2.45, 2.75) is 18.9 Å². The van der Waals surface area contributed by atoms with Crippen molar-refractivity contribution >= 4 is 0 Å². The summed E-state index contributed by atoms with van der Waals surface area (Å²) in [6, 6.07) is 5.63. The second-order valence-electron chi connectivity index (χ2n) is 4.57. The molecule has 3 N–H and O–H groups in total. The van der Waals surface area contributed by atoms with Gasteiger partial charge in [-0.1, -0.05) is 12.1 Å². The molecule has 0 fully saturated rings. The lowest BCUT2D eigenvalue weighted by molar-refractivity contribution is 0.156. The molecule has 102 valence electrons. The van der Waals surface area contributed by atoms with Crippen molar-refractivity contribution in [2.75, 3.05) is 19.8 Å². The zero-order valence-corrected chi connectivity index (χ0v) is 10.7. The van der Waals surface area contributed by atoms with Crippen molar-refractivity contribution in [3.8, 4) is 11.5 Å². The third kappa shape index (κ3) is 2.39. The highest BCUT2D eigenvalue weighted by Crippen LogP contribution is 2.39. The molecule has 0 aliphatic carbocycles. The van der Waals surface area contributed by atoms with Crippen LogP contribution in [0, 0.1) is 0 Å². The number of allylic oxidation sites excluding steroid dienone is 1. The molecule has 1 unspecified atom stereocenters. The number of ether oxygens (including phenoxy) is 3. The molecular formula is C14H18N2O3. The highest BCUT2D eigenvalue weighted by atomic mass is 16.6. The Hall–Kier alpha value is -1.72. The predicted octanol–water partition coefficient (Wildman–Crippen LogP) is 1.66. The summed E-state index contributed by atoms with van der Waals surface area (Å²) >= 11 is 0. The van der Waals surface area contributed by atoms with Crippen LogP contribution in [0.1, 0.15) is 24.4 Å². The SMILES string of the molecule is NNC(C1=CCCCO1)c1cccc2c1OCCO2. The highest BCUT2D eigenvalue weighted by Gasteiger charge is 2.25. The summed E-state index contributed by atoms with van der Waals surface area (Å²) in [7, 11) is 0. The summed E-state index contributed by atoms with van der Waals surface area (Å²) in [6.45, 7) is 1.87. The largest absolute Gasteiger partial charge is 0.496 e. The molecule has 0 saturated heterocycles. The van der Waals surface area contributed by atoms with E-state index >= 15 is 0 Å². The van der Waals surface area contributed by atoms with Gasteiger partial charge in [0.15, 0.2) is 11.5 Å². The van der Waals surface area contributed by atoms with E-state index in [0.717, 1.165) is 42.3 Å². The molecule has 2 aliphatic heterocycles. The first kappa shape index (κ1) is 12.3. The van der Waals surface area contributed by atoms with E-state index in [-0.39, 0.29) is 6.04 Å². The van der Waals surface area contributed by atoms with Crippen molar-refractivity contribution in [2.24, 2.45) is 5.84 Å². The maximum atomic E-state index is 5.72. The Bertz CT molecular complexity index is 488. The number of para-hydroxylation sites is 1. The summed E-state index contributed by atoms with van der Waals surface area (Å²) in [4.78, 5) is 0. The molecule has 5 heteroatoms. The van der Waals surface area contributed by atoms with Gasteiger partial charge in [0.1, 0.15) is 25.0 Å². The molecule has 0 saturated carbocycles. The van der Waals surface area contributed by atoms with Gasteiger partial charge in [0, 0.05) is 5.56 Å². The quantitative estimate of drug-likeness (QED) is 0.640. The average Bonchev–Trinajstić information content (AvgIpc) is 2.49. The van der Waals surface area contributed by atoms with Crippen LogP contribution < -0.4 is 20.7 Å². The number of hydrazine groups is 1. The van der Waals surface area contributed by atoms with Crippen molar-refractivity contribution in [3.63, 3.8) is 0 Å². The van der Waals surface area contributed by atoms with Gasteiger partial charge in [0.2, 0.25) is 0 Å². The number of rotatable bonds is 3. The monoisotopic (exact) mass is 262 g/mol. The van der Waals surface area contributed by atoms with Gasteiger partial charge >= 0.3 is 0 Å². The van der Waals surface area contributed by atoms with E-state index in [9.17, 15) is 0 Å². The van der Waals surface area contributed by atoms with Gasteiger partial charge in [-0.15, -0.1) is 0 Å². The Morgan fingerprint density at radius 2 is 2.00 bits per heavy atom. The molecule has 0 amide bonds. The summed E-state index contributed by atoms with van der Waals surface area (Å²) in [6.07, 6.45) is 4.14. The summed E-state index contributed by atoms with van der Waals surface area (Å²) in [5.41, 5.74) is 3.76. The van der Waals surface area contributed by atoms with Crippen LogP contribution in [0.2, 0.25) is 0 Å². The number of fused-ring (bicyclic) bond motifs is 1. The van der Waals surface area contributed by atoms with Crippen LogP contribution in [-0.2, 0) is 4.74 Å². The second-order valence-corrected chi connectivity index (χ2v) is 4.57. The lowest BCUT2D eigenvalue weighted by Crippen LogP contribution is -2.32. The van der Waals surface area contributed by atoms with Gasteiger partial charge in [-0.2, -0.15) is 0 Å². The highest BCUT2D eigenvalue weighted by molar-refractivity contribution is 5.50. The third-order valence-electron chi connectivity index (χ3n) is 3.32. The Morgan fingerprint density at radius 3 is 2.79 bits per heavy atom. The molecule has 0 bridgehead atoms. The van der Waals surface area contributed by atoms with Crippen LogP contribution in [0.5, 0.6) is 11.5 Å². The summed E-state index contributed by atoms with van der Waals surface area (Å²) < 4.78 is 17.0. The molecule has 2 heterocycles. The number of hydrogen-bond acceptors (Lipinski definition) is 5. The number of nitrogens with one attached hydrogen (secondary N) is 1. The van der Waals surface area contributed by atoms with Crippen LogP contribution in [0.15, 0.2) is 30.0 Å². The van der Waals surface area contributed by atoms with Gasteiger partial charge in [-0.05, 0) is 25.0 Å². The second kappa shape index (κ2) is 5.50. The predicted molar refractivity (Wildman–Crippen MR) is 70.8 cm³/mol. The number of hydrogen-bond donors (Lipinski definition) is 2. The average molecular weight is 262 g/mol. The van der Waals surface area contributed by atoms with Crippen LogP contribution >= 0.6 is 0 Å². The minimum Gasteiger partial charge on any atom is -0.496 e. The lowest BCUT2D eigenvalue weighted by Gasteiger charge is -2.27. The summed E-state index contributed by atoms with van der Waals surface area (Å²) in [5, 5.41) is 0. The lowest BCUT2D eigenvalue weighted by atomic mass is 10.0. The molecule has 19 heavy (non-hydrogen) atoms. The van der Waals surface area contributed by atoms with E-state index in [1.807, 2.05) is 18.2 Å². The fourth-order valence-electron chi connectivity index (χ4n) is 2.43. The van der Waals surface area contributed by atoms with Crippen LogP contribution in [0.4, 0.5) is 0 Å². The molecule has 2 aliphatic rings. The molecular weight excluding hydrogens is 244 g/mol. The third-order valence-corrected chi connectivity index (χ3v) is 3.32. The minimum absolute atomic E-state index is 0.197. The molecule has 1 atom stereocenters. The first-order valence-corrected chi connectivity index (χ1v) is 6.57. The Labute approximate surface area is 112 Å². The molecule has 0 spiro atoms. The van der Waals surface area contributed by atoms with Crippen LogP contribution in [0.25, 0.3) is 0 Å². The maximum absolute atomic E-state index is 5.72. The molecule has 5 nitrogen and oxygen atoms in total. The van der Waals surface area contributed by atoms with Crippen LogP contribution in [0.3, 0.4) is 0 Å². The Morgan fingerprint density at radius 1 is 1.11 bits per heavy atom. The normalized spacial score (nSPS) is 19.3. The Balaban J connectivity index is 1.97.